The van der Waals surface area contributed by atoms with E-state index < -0.39 is 36.0 Å². The van der Waals surface area contributed by atoms with Gasteiger partial charge in [0, 0.05) is 12.3 Å². The summed E-state index contributed by atoms with van der Waals surface area (Å²) in [5.41, 5.74) is -1.69. The van der Waals surface area contributed by atoms with Crippen molar-refractivity contribution in [1.29, 1.82) is 0 Å². The van der Waals surface area contributed by atoms with Gasteiger partial charge in [0.05, 0.1) is 18.3 Å². The number of halogens is 5. The van der Waals surface area contributed by atoms with Crippen LogP contribution in [0.3, 0.4) is 0 Å². The van der Waals surface area contributed by atoms with Crippen molar-refractivity contribution in [2.24, 2.45) is 0 Å². The minimum Gasteiger partial charge on any atom is -0.437 e. The van der Waals surface area contributed by atoms with Gasteiger partial charge in [-0.3, -0.25) is 4.98 Å². The number of hydrogen-bond acceptors (Lipinski definition) is 7. The van der Waals surface area contributed by atoms with Gasteiger partial charge in [0.1, 0.15) is 23.9 Å². The zero-order chi connectivity index (χ0) is 20.4. The molecule has 0 aromatic carbocycles. The van der Waals surface area contributed by atoms with Crippen molar-refractivity contribution in [3.8, 4) is 11.6 Å². The van der Waals surface area contributed by atoms with Crippen molar-refractivity contribution in [3.63, 3.8) is 0 Å². The largest absolute Gasteiger partial charge is 0.437 e. The molecule has 0 aliphatic rings. The molecule has 13 heteroatoms. The average molecular weight is 402 g/mol. The number of aromatic nitrogens is 6. The number of pyridine rings is 2. The highest BCUT2D eigenvalue weighted by Gasteiger charge is 2.42. The second-order valence-electron chi connectivity index (χ2n) is 5.53. The SMILES string of the molecule is OC(Cn1cnnn1)C(F)(F)c1ccc(Oc2ccc(C(F)(F)F)cn2)cn1. The van der Waals surface area contributed by atoms with Gasteiger partial charge in [-0.2, -0.15) is 22.0 Å². The number of rotatable bonds is 6. The molecule has 3 aromatic heterocycles. The van der Waals surface area contributed by atoms with E-state index in [4.69, 9.17) is 4.74 Å². The third-order valence-electron chi connectivity index (χ3n) is 3.53. The lowest BCUT2D eigenvalue weighted by Crippen LogP contribution is -2.35. The molecule has 0 aliphatic carbocycles. The number of hydrogen-bond donors (Lipinski definition) is 1. The van der Waals surface area contributed by atoms with Crippen LogP contribution >= 0.6 is 0 Å². The molecular weight excluding hydrogens is 391 g/mol. The van der Waals surface area contributed by atoms with Gasteiger partial charge in [-0.05, 0) is 28.6 Å². The molecule has 3 heterocycles. The van der Waals surface area contributed by atoms with Crippen LogP contribution in [0.4, 0.5) is 22.0 Å². The highest BCUT2D eigenvalue weighted by atomic mass is 19.4. The Morgan fingerprint density at radius 2 is 1.82 bits per heavy atom. The van der Waals surface area contributed by atoms with Crippen LogP contribution in [0.5, 0.6) is 11.6 Å². The summed E-state index contributed by atoms with van der Waals surface area (Å²) in [5.74, 6) is -3.91. The molecule has 0 saturated carbocycles. The molecule has 3 rings (SSSR count). The standard InChI is InChI=1S/C15H11F5N6O2/c16-14(17,12(27)7-26-8-23-24-25-26)11-3-2-10(6-21-11)28-13-4-1-9(5-22-13)15(18,19)20/h1-6,8,12,27H,7H2. The Hall–Kier alpha value is -3.22. The van der Waals surface area contributed by atoms with Gasteiger partial charge in [-0.15, -0.1) is 5.10 Å². The zero-order valence-corrected chi connectivity index (χ0v) is 13.8. The molecule has 1 unspecified atom stereocenters. The Kier molecular flexibility index (Phi) is 5.18. The van der Waals surface area contributed by atoms with Gasteiger partial charge in [-0.25, -0.2) is 9.67 Å². The van der Waals surface area contributed by atoms with Crippen molar-refractivity contribution in [1.82, 2.24) is 30.2 Å². The first kappa shape index (κ1) is 19.5. The Labute approximate surface area is 153 Å². The maximum absolute atomic E-state index is 14.3. The Morgan fingerprint density at radius 3 is 2.36 bits per heavy atom. The van der Waals surface area contributed by atoms with E-state index >= 15 is 0 Å². The molecule has 3 aromatic rings. The van der Waals surface area contributed by atoms with Crippen molar-refractivity contribution >= 4 is 0 Å². The van der Waals surface area contributed by atoms with Gasteiger partial charge in [-0.1, -0.05) is 0 Å². The fourth-order valence-electron chi connectivity index (χ4n) is 2.09. The van der Waals surface area contributed by atoms with Crippen LogP contribution in [0.2, 0.25) is 0 Å². The number of ether oxygens (including phenoxy) is 1. The van der Waals surface area contributed by atoms with Crippen LogP contribution in [0.1, 0.15) is 11.3 Å². The highest BCUT2D eigenvalue weighted by Crippen LogP contribution is 2.33. The predicted octanol–water partition coefficient (Wildman–Crippen LogP) is 2.43. The van der Waals surface area contributed by atoms with E-state index in [1.54, 1.807) is 0 Å². The smallest absolute Gasteiger partial charge is 0.417 e. The average Bonchev–Trinajstić information content (AvgIpc) is 3.15. The monoisotopic (exact) mass is 402 g/mol. The molecule has 0 spiro atoms. The van der Waals surface area contributed by atoms with E-state index in [0.29, 0.717) is 6.20 Å². The quantitative estimate of drug-likeness (QED) is 0.633. The number of alkyl halides is 5. The Morgan fingerprint density at radius 1 is 1.04 bits per heavy atom. The van der Waals surface area contributed by atoms with Crippen LogP contribution in [-0.2, 0) is 18.6 Å². The molecule has 0 amide bonds. The first-order chi connectivity index (χ1) is 13.2. The summed E-state index contributed by atoms with van der Waals surface area (Å²) in [7, 11) is 0. The summed E-state index contributed by atoms with van der Waals surface area (Å²) >= 11 is 0. The summed E-state index contributed by atoms with van der Waals surface area (Å²) in [6.07, 6.45) is -4.09. The number of aliphatic hydroxyl groups excluding tert-OH is 1. The van der Waals surface area contributed by atoms with Gasteiger partial charge >= 0.3 is 12.1 Å². The second-order valence-corrected chi connectivity index (χ2v) is 5.53. The first-order valence-electron chi connectivity index (χ1n) is 7.60. The molecule has 1 N–H and O–H groups in total. The van der Waals surface area contributed by atoms with Crippen LogP contribution in [-0.4, -0.2) is 41.4 Å². The normalized spacial score (nSPS) is 13.4. The van der Waals surface area contributed by atoms with E-state index in [-0.39, 0.29) is 11.6 Å². The number of tetrazole rings is 1. The lowest BCUT2D eigenvalue weighted by Gasteiger charge is -2.21. The fourth-order valence-corrected chi connectivity index (χ4v) is 2.09. The molecule has 148 valence electrons. The third-order valence-corrected chi connectivity index (χ3v) is 3.53. The van der Waals surface area contributed by atoms with E-state index in [1.807, 2.05) is 0 Å². The van der Waals surface area contributed by atoms with Gasteiger partial charge in [0.25, 0.3) is 0 Å². The highest BCUT2D eigenvalue weighted by molar-refractivity contribution is 5.28. The summed E-state index contributed by atoms with van der Waals surface area (Å²) in [6, 6.07) is 3.80. The van der Waals surface area contributed by atoms with Gasteiger partial charge in [0.15, 0.2) is 0 Å². The molecular formula is C15H11F5N6O2. The number of aliphatic hydroxyl groups is 1. The number of nitrogens with zero attached hydrogens (tertiary/aromatic N) is 6. The summed E-state index contributed by atoms with van der Waals surface area (Å²) in [4.78, 5) is 7.05. The lowest BCUT2D eigenvalue weighted by atomic mass is 10.1. The van der Waals surface area contributed by atoms with E-state index in [0.717, 1.165) is 41.5 Å². The van der Waals surface area contributed by atoms with Gasteiger partial charge < -0.3 is 9.84 Å². The zero-order valence-electron chi connectivity index (χ0n) is 13.8. The third kappa shape index (κ3) is 4.36. The van der Waals surface area contributed by atoms with Crippen molar-refractivity contribution < 1.29 is 31.8 Å². The molecule has 0 radical (unpaired) electrons. The van der Waals surface area contributed by atoms with Crippen molar-refractivity contribution in [3.05, 3.63) is 54.2 Å². The van der Waals surface area contributed by atoms with Gasteiger partial charge in [0.2, 0.25) is 5.88 Å². The molecule has 8 nitrogen and oxygen atoms in total. The fraction of sp³-hybridized carbons (Fsp3) is 0.267. The Bertz CT molecular complexity index is 900. The van der Waals surface area contributed by atoms with Crippen molar-refractivity contribution in [2.75, 3.05) is 0 Å². The molecule has 0 saturated heterocycles. The molecule has 0 bridgehead atoms. The minimum absolute atomic E-state index is 0.0261. The first-order valence-corrected chi connectivity index (χ1v) is 7.60. The van der Waals surface area contributed by atoms with E-state index in [9.17, 15) is 27.1 Å². The Balaban J connectivity index is 1.68. The summed E-state index contributed by atoms with van der Waals surface area (Å²) in [5, 5.41) is 19.7. The summed E-state index contributed by atoms with van der Waals surface area (Å²) in [6.45, 7) is -0.560. The predicted molar refractivity (Wildman–Crippen MR) is 81.3 cm³/mol. The van der Waals surface area contributed by atoms with Crippen LogP contribution in [0.25, 0.3) is 0 Å². The molecule has 1 atom stereocenters. The maximum Gasteiger partial charge on any atom is 0.417 e. The lowest BCUT2D eigenvalue weighted by molar-refractivity contribution is -0.137. The van der Waals surface area contributed by atoms with Crippen LogP contribution in [0, 0.1) is 0 Å². The van der Waals surface area contributed by atoms with E-state index in [1.165, 1.54) is 0 Å². The molecule has 28 heavy (non-hydrogen) atoms. The molecule has 0 fully saturated rings. The minimum atomic E-state index is -4.54. The molecule has 0 aliphatic heterocycles. The van der Waals surface area contributed by atoms with Crippen LogP contribution < -0.4 is 4.74 Å². The second kappa shape index (κ2) is 7.42. The summed E-state index contributed by atoms with van der Waals surface area (Å²) < 4.78 is 72.2. The maximum atomic E-state index is 14.3. The van der Waals surface area contributed by atoms with E-state index in [2.05, 4.69) is 25.5 Å². The van der Waals surface area contributed by atoms with Crippen molar-refractivity contribution in [2.45, 2.75) is 24.7 Å². The topological polar surface area (TPSA) is 98.8 Å². The van der Waals surface area contributed by atoms with Crippen LogP contribution in [0.15, 0.2) is 43.0 Å².